The lowest BCUT2D eigenvalue weighted by atomic mass is 9.91. The summed E-state index contributed by atoms with van der Waals surface area (Å²) in [6.07, 6.45) is 3.33. The number of carbonyl (C=O) groups excluding carboxylic acids is 1. The summed E-state index contributed by atoms with van der Waals surface area (Å²) in [6.45, 7) is 1.89. The van der Waals surface area contributed by atoms with E-state index in [1.54, 1.807) is 24.1 Å². The van der Waals surface area contributed by atoms with Crippen molar-refractivity contribution in [2.45, 2.75) is 44.8 Å². The Morgan fingerprint density at radius 3 is 2.70 bits per heavy atom. The maximum Gasteiger partial charge on any atom is 0.254 e. The van der Waals surface area contributed by atoms with E-state index in [4.69, 9.17) is 5.84 Å². The highest BCUT2D eigenvalue weighted by Gasteiger charge is 2.30. The first-order valence-electron chi connectivity index (χ1n) is 7.07. The maximum absolute atomic E-state index is 12.6. The van der Waals surface area contributed by atoms with Crippen molar-refractivity contribution in [2.75, 3.05) is 12.5 Å². The normalized spacial score (nSPS) is 22.4. The molecule has 2 atom stereocenters. The molecule has 2 unspecified atom stereocenters. The molecule has 4 N–H and O–H groups in total. The van der Waals surface area contributed by atoms with Gasteiger partial charge in [-0.05, 0) is 43.5 Å². The van der Waals surface area contributed by atoms with Crippen molar-refractivity contribution in [2.24, 2.45) is 5.84 Å². The molecule has 1 saturated carbocycles. The van der Waals surface area contributed by atoms with Crippen LogP contribution in [-0.2, 0) is 0 Å². The molecule has 20 heavy (non-hydrogen) atoms. The summed E-state index contributed by atoms with van der Waals surface area (Å²) in [5.41, 5.74) is 4.88. The van der Waals surface area contributed by atoms with Gasteiger partial charge in [0.1, 0.15) is 0 Å². The van der Waals surface area contributed by atoms with Crippen LogP contribution < -0.4 is 11.3 Å². The van der Waals surface area contributed by atoms with E-state index in [1.165, 1.54) is 0 Å². The van der Waals surface area contributed by atoms with Crippen LogP contribution in [0.4, 0.5) is 5.69 Å². The Hall–Kier alpha value is -1.59. The Morgan fingerprint density at radius 2 is 2.10 bits per heavy atom. The van der Waals surface area contributed by atoms with Gasteiger partial charge in [-0.3, -0.25) is 10.6 Å². The van der Waals surface area contributed by atoms with Crippen molar-refractivity contribution < 1.29 is 9.90 Å². The first-order valence-corrected chi connectivity index (χ1v) is 7.07. The number of likely N-dealkylation sites (N-methyl/N-ethyl adjacent to an activating group) is 1. The number of nitrogen functional groups attached to an aromatic ring is 1. The topological polar surface area (TPSA) is 78.6 Å². The molecule has 0 aliphatic heterocycles. The minimum absolute atomic E-state index is 0.0444. The zero-order chi connectivity index (χ0) is 14.7. The number of carbonyl (C=O) groups is 1. The monoisotopic (exact) mass is 277 g/mol. The minimum Gasteiger partial charge on any atom is -0.391 e. The number of aliphatic hydroxyl groups is 1. The first-order chi connectivity index (χ1) is 9.54. The van der Waals surface area contributed by atoms with Crippen molar-refractivity contribution in [3.63, 3.8) is 0 Å². The highest BCUT2D eigenvalue weighted by Crippen LogP contribution is 2.24. The lowest BCUT2D eigenvalue weighted by Crippen LogP contribution is -2.46. The number of benzene rings is 1. The summed E-state index contributed by atoms with van der Waals surface area (Å²) in [7, 11) is 1.77. The third-order valence-corrected chi connectivity index (χ3v) is 4.14. The Balaban J connectivity index is 2.17. The maximum atomic E-state index is 12.6. The summed E-state index contributed by atoms with van der Waals surface area (Å²) in [6, 6.07) is 5.32. The van der Waals surface area contributed by atoms with Crippen LogP contribution in [0.15, 0.2) is 18.2 Å². The van der Waals surface area contributed by atoms with Crippen LogP contribution in [0.5, 0.6) is 0 Å². The second-order valence-electron chi connectivity index (χ2n) is 5.51. The van der Waals surface area contributed by atoms with Gasteiger partial charge in [-0.2, -0.15) is 0 Å². The van der Waals surface area contributed by atoms with E-state index >= 15 is 0 Å². The van der Waals surface area contributed by atoms with Crippen molar-refractivity contribution in [1.82, 2.24) is 4.90 Å². The third kappa shape index (κ3) is 2.94. The predicted molar refractivity (Wildman–Crippen MR) is 79.3 cm³/mol. The fourth-order valence-electron chi connectivity index (χ4n) is 2.88. The number of rotatable bonds is 3. The van der Waals surface area contributed by atoms with Gasteiger partial charge in [0.15, 0.2) is 0 Å². The average Bonchev–Trinajstić information content (AvgIpc) is 2.46. The Morgan fingerprint density at radius 1 is 1.40 bits per heavy atom. The van der Waals surface area contributed by atoms with E-state index in [1.807, 2.05) is 13.0 Å². The fourth-order valence-corrected chi connectivity index (χ4v) is 2.88. The summed E-state index contributed by atoms with van der Waals surface area (Å²) in [5, 5.41) is 10.1. The van der Waals surface area contributed by atoms with E-state index < -0.39 is 6.10 Å². The molecule has 5 nitrogen and oxygen atoms in total. The van der Waals surface area contributed by atoms with Gasteiger partial charge in [-0.25, -0.2) is 0 Å². The van der Waals surface area contributed by atoms with Crippen molar-refractivity contribution in [1.29, 1.82) is 0 Å². The SMILES string of the molecule is Cc1cc(NN)ccc1C(=O)N(C)C1CCCCC1O. The van der Waals surface area contributed by atoms with Gasteiger partial charge < -0.3 is 15.4 Å². The van der Waals surface area contributed by atoms with Crippen molar-refractivity contribution in [3.8, 4) is 0 Å². The molecular weight excluding hydrogens is 254 g/mol. The van der Waals surface area contributed by atoms with Gasteiger partial charge in [0.05, 0.1) is 12.1 Å². The lowest BCUT2D eigenvalue weighted by molar-refractivity contribution is 0.0267. The summed E-state index contributed by atoms with van der Waals surface area (Å²) >= 11 is 0. The molecule has 110 valence electrons. The van der Waals surface area contributed by atoms with Gasteiger partial charge in [-0.15, -0.1) is 0 Å². The fraction of sp³-hybridized carbons (Fsp3) is 0.533. The number of hydrogen-bond donors (Lipinski definition) is 3. The molecule has 1 aliphatic rings. The van der Waals surface area contributed by atoms with Gasteiger partial charge >= 0.3 is 0 Å². The van der Waals surface area contributed by atoms with Crippen molar-refractivity contribution >= 4 is 11.6 Å². The highest BCUT2D eigenvalue weighted by atomic mass is 16.3. The molecule has 2 rings (SSSR count). The summed E-state index contributed by atoms with van der Waals surface area (Å²) in [4.78, 5) is 14.3. The Labute approximate surface area is 119 Å². The number of anilines is 1. The average molecular weight is 277 g/mol. The smallest absolute Gasteiger partial charge is 0.254 e. The molecule has 0 radical (unpaired) electrons. The number of amides is 1. The first kappa shape index (κ1) is 14.8. The number of aryl methyl sites for hydroxylation is 1. The predicted octanol–water partition coefficient (Wildman–Crippen LogP) is 1.66. The number of nitrogens with one attached hydrogen (secondary N) is 1. The lowest BCUT2D eigenvalue weighted by Gasteiger charge is -2.35. The van der Waals surface area contributed by atoms with Crippen LogP contribution >= 0.6 is 0 Å². The molecule has 0 heterocycles. The van der Waals surface area contributed by atoms with E-state index in [0.29, 0.717) is 5.56 Å². The molecular formula is C15H23N3O2. The second-order valence-corrected chi connectivity index (χ2v) is 5.51. The van der Waals surface area contributed by atoms with Gasteiger partial charge in [0.2, 0.25) is 0 Å². The standard InChI is InChI=1S/C15H23N3O2/c1-10-9-11(17-16)7-8-12(10)15(20)18(2)13-5-3-4-6-14(13)19/h7-9,13-14,17,19H,3-6,16H2,1-2H3. The molecule has 0 aromatic heterocycles. The van der Waals surface area contributed by atoms with Crippen LogP contribution in [0.2, 0.25) is 0 Å². The number of nitrogens with two attached hydrogens (primary N) is 1. The Kier molecular flexibility index (Phi) is 4.62. The van der Waals surface area contributed by atoms with Gasteiger partial charge in [0.25, 0.3) is 5.91 Å². The van der Waals surface area contributed by atoms with E-state index in [2.05, 4.69) is 5.43 Å². The number of aliphatic hydroxyl groups excluding tert-OH is 1. The largest absolute Gasteiger partial charge is 0.391 e. The molecule has 0 bridgehead atoms. The molecule has 1 fully saturated rings. The molecule has 1 amide bonds. The van der Waals surface area contributed by atoms with Gasteiger partial charge in [-0.1, -0.05) is 12.8 Å². The molecule has 0 saturated heterocycles. The van der Waals surface area contributed by atoms with Crippen LogP contribution in [-0.4, -0.2) is 35.1 Å². The minimum atomic E-state index is -0.414. The van der Waals surface area contributed by atoms with Crippen molar-refractivity contribution in [3.05, 3.63) is 29.3 Å². The Bertz CT molecular complexity index is 490. The van der Waals surface area contributed by atoms with E-state index in [-0.39, 0.29) is 11.9 Å². The van der Waals surface area contributed by atoms with E-state index in [9.17, 15) is 9.90 Å². The molecule has 1 aliphatic carbocycles. The quantitative estimate of drug-likeness (QED) is 0.580. The van der Waals surface area contributed by atoms with E-state index in [0.717, 1.165) is 36.9 Å². The molecule has 0 spiro atoms. The number of nitrogens with zero attached hydrogens (tertiary/aromatic N) is 1. The zero-order valence-electron chi connectivity index (χ0n) is 12.1. The van der Waals surface area contributed by atoms with Crippen LogP contribution in [0.1, 0.15) is 41.6 Å². The zero-order valence-corrected chi connectivity index (χ0v) is 12.1. The molecule has 1 aromatic rings. The summed E-state index contributed by atoms with van der Waals surface area (Å²) in [5.74, 6) is 5.32. The van der Waals surface area contributed by atoms with Crippen LogP contribution in [0.3, 0.4) is 0 Å². The number of hydrazine groups is 1. The molecule has 5 heteroatoms. The number of hydrogen-bond acceptors (Lipinski definition) is 4. The van der Waals surface area contributed by atoms with Crippen LogP contribution in [0, 0.1) is 6.92 Å². The van der Waals surface area contributed by atoms with Crippen LogP contribution in [0.25, 0.3) is 0 Å². The second kappa shape index (κ2) is 6.24. The van der Waals surface area contributed by atoms with Gasteiger partial charge in [0, 0.05) is 18.3 Å². The summed E-state index contributed by atoms with van der Waals surface area (Å²) < 4.78 is 0. The highest BCUT2D eigenvalue weighted by molar-refractivity contribution is 5.96. The third-order valence-electron chi connectivity index (χ3n) is 4.14. The molecule has 1 aromatic carbocycles.